The Balaban J connectivity index is 2.25. The summed E-state index contributed by atoms with van der Waals surface area (Å²) in [6.45, 7) is 0. The minimum Gasteiger partial charge on any atom is -0.382 e. The zero-order chi connectivity index (χ0) is 14.3. The molecular weight excluding hydrogens is 347 g/mol. The summed E-state index contributed by atoms with van der Waals surface area (Å²) < 4.78 is 13.3. The molecule has 20 heavy (non-hydrogen) atoms. The summed E-state index contributed by atoms with van der Waals surface area (Å²) >= 11 is 9.12. The van der Waals surface area contributed by atoms with Crippen molar-refractivity contribution in [2.24, 2.45) is 0 Å². The van der Waals surface area contributed by atoms with Crippen molar-refractivity contribution in [2.75, 3.05) is 5.73 Å². The van der Waals surface area contributed by atoms with Crippen molar-refractivity contribution in [3.8, 4) is 11.3 Å². The molecule has 3 rings (SSSR count). The second-order valence-corrected chi connectivity index (χ2v) is 5.25. The van der Waals surface area contributed by atoms with Gasteiger partial charge in [0, 0.05) is 28.7 Å². The van der Waals surface area contributed by atoms with Crippen LogP contribution in [-0.4, -0.2) is 15.0 Å². The van der Waals surface area contributed by atoms with Crippen LogP contribution in [0, 0.1) is 5.95 Å². The molecule has 100 valence electrons. The maximum Gasteiger partial charge on any atom is 0.247 e. The van der Waals surface area contributed by atoms with E-state index in [1.165, 1.54) is 0 Å². The summed E-state index contributed by atoms with van der Waals surface area (Å²) in [6, 6.07) is 5.48. The van der Waals surface area contributed by atoms with Crippen LogP contribution in [0.1, 0.15) is 0 Å². The van der Waals surface area contributed by atoms with Gasteiger partial charge in [-0.15, -0.1) is 0 Å². The standard InChI is InChI=1S/C13H7BrClFN4/c14-11-12(16)20-13(17)10(19-11)6-1-2-7-4-18-5-9(15)8(7)3-6/h1-5H,(H2,17,20). The van der Waals surface area contributed by atoms with Crippen molar-refractivity contribution in [1.29, 1.82) is 0 Å². The smallest absolute Gasteiger partial charge is 0.247 e. The molecule has 2 aromatic heterocycles. The maximum absolute atomic E-state index is 13.3. The minimum atomic E-state index is -0.741. The summed E-state index contributed by atoms with van der Waals surface area (Å²) in [4.78, 5) is 11.7. The lowest BCUT2D eigenvalue weighted by Gasteiger charge is -2.07. The Morgan fingerprint density at radius 3 is 2.80 bits per heavy atom. The molecule has 1 aromatic carbocycles. The number of anilines is 1. The van der Waals surface area contributed by atoms with Gasteiger partial charge < -0.3 is 5.73 Å². The highest BCUT2D eigenvalue weighted by Crippen LogP contribution is 2.30. The summed E-state index contributed by atoms with van der Waals surface area (Å²) in [6.07, 6.45) is 3.27. The Kier molecular flexibility index (Phi) is 3.27. The van der Waals surface area contributed by atoms with E-state index in [1.54, 1.807) is 12.4 Å². The van der Waals surface area contributed by atoms with Crippen LogP contribution in [0.4, 0.5) is 10.2 Å². The summed E-state index contributed by atoms with van der Waals surface area (Å²) in [5.74, 6) is -0.718. The minimum absolute atomic E-state index is 0.0163. The van der Waals surface area contributed by atoms with Crippen LogP contribution in [0.3, 0.4) is 0 Å². The zero-order valence-corrected chi connectivity index (χ0v) is 12.3. The van der Waals surface area contributed by atoms with E-state index in [4.69, 9.17) is 17.3 Å². The topological polar surface area (TPSA) is 64.7 Å². The molecule has 0 spiro atoms. The van der Waals surface area contributed by atoms with E-state index in [2.05, 4.69) is 30.9 Å². The van der Waals surface area contributed by atoms with Crippen LogP contribution in [0.2, 0.25) is 5.02 Å². The monoisotopic (exact) mass is 352 g/mol. The van der Waals surface area contributed by atoms with E-state index in [0.29, 0.717) is 16.3 Å². The Labute approximate surface area is 127 Å². The Morgan fingerprint density at radius 2 is 2.00 bits per heavy atom. The summed E-state index contributed by atoms with van der Waals surface area (Å²) in [5.41, 5.74) is 6.83. The van der Waals surface area contributed by atoms with Gasteiger partial charge in [0.1, 0.15) is 5.69 Å². The Bertz CT molecular complexity index is 825. The number of nitrogens with two attached hydrogens (primary N) is 1. The molecule has 2 N–H and O–H groups in total. The molecule has 0 saturated carbocycles. The first-order valence-electron chi connectivity index (χ1n) is 5.58. The van der Waals surface area contributed by atoms with E-state index in [0.717, 1.165) is 10.8 Å². The number of rotatable bonds is 1. The average molecular weight is 354 g/mol. The molecule has 4 nitrogen and oxygen atoms in total. The van der Waals surface area contributed by atoms with Crippen molar-refractivity contribution in [3.63, 3.8) is 0 Å². The summed E-state index contributed by atoms with van der Waals surface area (Å²) in [5, 5.41) is 2.24. The highest BCUT2D eigenvalue weighted by molar-refractivity contribution is 9.10. The van der Waals surface area contributed by atoms with Crippen molar-refractivity contribution >= 4 is 44.1 Å². The number of fused-ring (bicyclic) bond motifs is 1. The Hall–Kier alpha value is -1.79. The van der Waals surface area contributed by atoms with Gasteiger partial charge in [0.2, 0.25) is 5.95 Å². The third-order valence-electron chi connectivity index (χ3n) is 2.83. The van der Waals surface area contributed by atoms with Gasteiger partial charge in [-0.05, 0) is 22.0 Å². The van der Waals surface area contributed by atoms with Gasteiger partial charge in [0.25, 0.3) is 0 Å². The number of halogens is 3. The third kappa shape index (κ3) is 2.21. The van der Waals surface area contributed by atoms with Gasteiger partial charge in [0.15, 0.2) is 10.4 Å². The average Bonchev–Trinajstić information content (AvgIpc) is 2.43. The first kappa shape index (κ1) is 13.2. The third-order valence-corrected chi connectivity index (χ3v) is 3.63. The molecule has 0 aliphatic rings. The molecule has 0 aliphatic heterocycles. The number of pyridine rings is 1. The van der Waals surface area contributed by atoms with Gasteiger partial charge >= 0.3 is 0 Å². The second-order valence-electron chi connectivity index (χ2n) is 4.10. The van der Waals surface area contributed by atoms with Crippen molar-refractivity contribution in [1.82, 2.24) is 15.0 Å². The molecule has 0 aliphatic carbocycles. The lowest BCUT2D eigenvalue weighted by atomic mass is 10.1. The van der Waals surface area contributed by atoms with Crippen LogP contribution in [0.15, 0.2) is 35.2 Å². The lowest BCUT2D eigenvalue weighted by molar-refractivity contribution is 0.571. The van der Waals surface area contributed by atoms with Crippen LogP contribution < -0.4 is 5.73 Å². The second kappa shape index (κ2) is 4.96. The fraction of sp³-hybridized carbons (Fsp3) is 0. The molecule has 7 heteroatoms. The number of benzene rings is 1. The Morgan fingerprint density at radius 1 is 1.20 bits per heavy atom. The van der Waals surface area contributed by atoms with Crippen molar-refractivity contribution in [2.45, 2.75) is 0 Å². The molecule has 0 fully saturated rings. The zero-order valence-electron chi connectivity index (χ0n) is 9.94. The molecular formula is C13H7BrClFN4. The van der Waals surface area contributed by atoms with E-state index in [9.17, 15) is 4.39 Å². The molecule has 0 bridgehead atoms. The van der Waals surface area contributed by atoms with Crippen LogP contribution >= 0.6 is 27.5 Å². The molecule has 2 heterocycles. The largest absolute Gasteiger partial charge is 0.382 e. The molecule has 0 amide bonds. The van der Waals surface area contributed by atoms with Gasteiger partial charge in [-0.3, -0.25) is 4.98 Å². The van der Waals surface area contributed by atoms with Gasteiger partial charge in [0.05, 0.1) is 5.02 Å². The van der Waals surface area contributed by atoms with E-state index < -0.39 is 5.95 Å². The quantitative estimate of drug-likeness (QED) is 0.722. The first-order valence-corrected chi connectivity index (χ1v) is 6.75. The highest BCUT2D eigenvalue weighted by atomic mass is 79.9. The molecule has 0 saturated heterocycles. The molecule has 3 aromatic rings. The normalized spacial score (nSPS) is 10.9. The SMILES string of the molecule is Nc1nc(F)c(Br)nc1-c1ccc2cncc(Cl)c2c1. The van der Waals surface area contributed by atoms with E-state index >= 15 is 0 Å². The molecule has 0 unspecified atom stereocenters. The number of hydrogen-bond acceptors (Lipinski definition) is 4. The number of aromatic nitrogens is 3. The van der Waals surface area contributed by atoms with Gasteiger partial charge in [-0.1, -0.05) is 23.7 Å². The molecule has 0 atom stereocenters. The van der Waals surface area contributed by atoms with Gasteiger partial charge in [-0.25, -0.2) is 4.98 Å². The van der Waals surface area contributed by atoms with Crippen molar-refractivity contribution < 1.29 is 4.39 Å². The van der Waals surface area contributed by atoms with Crippen LogP contribution in [-0.2, 0) is 0 Å². The number of nitrogens with zero attached hydrogens (tertiary/aromatic N) is 3. The number of hydrogen-bond donors (Lipinski definition) is 1. The van der Waals surface area contributed by atoms with Crippen molar-refractivity contribution in [3.05, 3.63) is 46.2 Å². The lowest BCUT2D eigenvalue weighted by Crippen LogP contribution is -2.01. The highest BCUT2D eigenvalue weighted by Gasteiger charge is 2.12. The van der Waals surface area contributed by atoms with Crippen LogP contribution in [0.25, 0.3) is 22.0 Å². The maximum atomic E-state index is 13.3. The fourth-order valence-electron chi connectivity index (χ4n) is 1.89. The first-order chi connectivity index (χ1) is 9.56. The predicted octanol–water partition coefficient (Wildman–Crippen LogP) is 3.83. The van der Waals surface area contributed by atoms with Gasteiger partial charge in [-0.2, -0.15) is 9.37 Å². The predicted molar refractivity (Wildman–Crippen MR) is 79.8 cm³/mol. The van der Waals surface area contributed by atoms with E-state index in [-0.39, 0.29) is 10.4 Å². The molecule has 0 radical (unpaired) electrons. The van der Waals surface area contributed by atoms with Crippen LogP contribution in [0.5, 0.6) is 0 Å². The fourth-order valence-corrected chi connectivity index (χ4v) is 2.38. The van der Waals surface area contributed by atoms with E-state index in [1.807, 2.05) is 18.2 Å². The summed E-state index contributed by atoms with van der Waals surface area (Å²) in [7, 11) is 0. The number of nitrogen functional groups attached to an aromatic ring is 1.